The number of anilines is 2. The first kappa shape index (κ1) is 16.1. The first-order valence-electron chi connectivity index (χ1n) is 8.53. The molecule has 1 heterocycles. The Balaban J connectivity index is 2.28. The van der Waals surface area contributed by atoms with E-state index in [1.165, 1.54) is 37.7 Å². The van der Waals surface area contributed by atoms with E-state index < -0.39 is 0 Å². The van der Waals surface area contributed by atoms with Crippen molar-refractivity contribution < 1.29 is 0 Å². The standard InChI is InChI=1S/C17H30N4/c1-5-12-18-16-13(3)17(20-14(4)19-16)21(6-2)15-10-8-7-9-11-15/h15H,5-12H2,1-4H3,(H,18,19,20). The fourth-order valence-electron chi connectivity index (χ4n) is 3.28. The number of hydrogen-bond donors (Lipinski definition) is 1. The molecule has 0 radical (unpaired) electrons. The molecule has 0 aliphatic heterocycles. The second-order valence-electron chi connectivity index (χ2n) is 6.07. The van der Waals surface area contributed by atoms with Crippen molar-refractivity contribution in [2.24, 2.45) is 0 Å². The van der Waals surface area contributed by atoms with Crippen molar-refractivity contribution in [2.45, 2.75) is 72.3 Å². The monoisotopic (exact) mass is 290 g/mol. The van der Waals surface area contributed by atoms with Crippen LogP contribution >= 0.6 is 0 Å². The van der Waals surface area contributed by atoms with Gasteiger partial charge in [-0.05, 0) is 40.0 Å². The van der Waals surface area contributed by atoms with Gasteiger partial charge in [0.1, 0.15) is 17.5 Å². The molecule has 1 aliphatic carbocycles. The minimum Gasteiger partial charge on any atom is -0.370 e. The predicted molar refractivity (Wildman–Crippen MR) is 90.2 cm³/mol. The van der Waals surface area contributed by atoms with Gasteiger partial charge in [-0.3, -0.25) is 0 Å². The van der Waals surface area contributed by atoms with Crippen molar-refractivity contribution in [3.05, 3.63) is 11.4 Å². The maximum Gasteiger partial charge on any atom is 0.137 e. The minimum absolute atomic E-state index is 0.649. The summed E-state index contributed by atoms with van der Waals surface area (Å²) in [7, 11) is 0. The molecule has 0 amide bonds. The molecule has 21 heavy (non-hydrogen) atoms. The van der Waals surface area contributed by atoms with Crippen molar-refractivity contribution in [3.8, 4) is 0 Å². The summed E-state index contributed by atoms with van der Waals surface area (Å²) >= 11 is 0. The Morgan fingerprint density at radius 1 is 1.10 bits per heavy atom. The van der Waals surface area contributed by atoms with Gasteiger partial charge in [0.05, 0.1) is 0 Å². The Bertz CT molecular complexity index is 452. The summed E-state index contributed by atoms with van der Waals surface area (Å²) in [6, 6.07) is 0.649. The van der Waals surface area contributed by atoms with E-state index in [2.05, 4.69) is 36.0 Å². The van der Waals surface area contributed by atoms with Crippen LogP contribution in [0.4, 0.5) is 11.6 Å². The molecule has 118 valence electrons. The molecular formula is C17H30N4. The Hall–Kier alpha value is -1.32. The number of nitrogens with zero attached hydrogens (tertiary/aromatic N) is 3. The van der Waals surface area contributed by atoms with Crippen LogP contribution in [0.1, 0.15) is 63.8 Å². The minimum atomic E-state index is 0.649. The molecule has 4 nitrogen and oxygen atoms in total. The summed E-state index contributed by atoms with van der Waals surface area (Å²) in [6.07, 6.45) is 7.80. The van der Waals surface area contributed by atoms with E-state index in [-0.39, 0.29) is 0 Å². The normalized spacial score (nSPS) is 16.0. The van der Waals surface area contributed by atoms with Crippen LogP contribution in [-0.4, -0.2) is 29.1 Å². The molecule has 2 rings (SSSR count). The van der Waals surface area contributed by atoms with E-state index in [0.717, 1.165) is 37.0 Å². The summed E-state index contributed by atoms with van der Waals surface area (Å²) in [4.78, 5) is 11.8. The third-order valence-electron chi connectivity index (χ3n) is 4.40. The fraction of sp³-hybridized carbons (Fsp3) is 0.765. The zero-order valence-electron chi connectivity index (χ0n) is 14.1. The number of rotatable bonds is 6. The highest BCUT2D eigenvalue weighted by atomic mass is 15.2. The Labute approximate surface area is 129 Å². The molecule has 0 bridgehead atoms. The maximum absolute atomic E-state index is 4.76. The van der Waals surface area contributed by atoms with Gasteiger partial charge in [-0.25, -0.2) is 9.97 Å². The molecule has 1 aromatic rings. The molecule has 0 aromatic carbocycles. The van der Waals surface area contributed by atoms with Crippen LogP contribution in [0.3, 0.4) is 0 Å². The van der Waals surface area contributed by atoms with E-state index in [9.17, 15) is 0 Å². The maximum atomic E-state index is 4.76. The molecular weight excluding hydrogens is 260 g/mol. The molecule has 1 N–H and O–H groups in total. The van der Waals surface area contributed by atoms with E-state index in [1.807, 2.05) is 6.92 Å². The average molecular weight is 290 g/mol. The van der Waals surface area contributed by atoms with Gasteiger partial charge in [-0.15, -0.1) is 0 Å². The lowest BCUT2D eigenvalue weighted by Gasteiger charge is -2.35. The SMILES string of the molecule is CCCNc1nc(C)nc(N(CC)C2CCCCC2)c1C. The zero-order chi connectivity index (χ0) is 15.2. The van der Waals surface area contributed by atoms with Gasteiger partial charge in [0.2, 0.25) is 0 Å². The highest BCUT2D eigenvalue weighted by Crippen LogP contribution is 2.30. The van der Waals surface area contributed by atoms with Gasteiger partial charge in [-0.2, -0.15) is 0 Å². The van der Waals surface area contributed by atoms with Crippen LogP contribution in [-0.2, 0) is 0 Å². The van der Waals surface area contributed by atoms with Crippen molar-refractivity contribution in [2.75, 3.05) is 23.3 Å². The summed E-state index contributed by atoms with van der Waals surface area (Å²) in [6.45, 7) is 10.6. The summed E-state index contributed by atoms with van der Waals surface area (Å²) in [5, 5.41) is 3.45. The summed E-state index contributed by atoms with van der Waals surface area (Å²) in [5.74, 6) is 3.01. The van der Waals surface area contributed by atoms with Gasteiger partial charge in [0.15, 0.2) is 0 Å². The second-order valence-corrected chi connectivity index (χ2v) is 6.07. The topological polar surface area (TPSA) is 41.1 Å². The second kappa shape index (κ2) is 7.62. The number of hydrogen-bond acceptors (Lipinski definition) is 4. The quantitative estimate of drug-likeness (QED) is 0.857. The van der Waals surface area contributed by atoms with E-state index in [0.29, 0.717) is 6.04 Å². The zero-order valence-corrected chi connectivity index (χ0v) is 14.1. The smallest absolute Gasteiger partial charge is 0.137 e. The lowest BCUT2D eigenvalue weighted by molar-refractivity contribution is 0.415. The van der Waals surface area contributed by atoms with E-state index in [1.54, 1.807) is 0 Å². The Morgan fingerprint density at radius 2 is 1.81 bits per heavy atom. The van der Waals surface area contributed by atoms with Crippen LogP contribution in [0.5, 0.6) is 0 Å². The molecule has 0 saturated heterocycles. The van der Waals surface area contributed by atoms with Gasteiger partial charge in [0, 0.05) is 24.7 Å². The molecule has 1 fully saturated rings. The summed E-state index contributed by atoms with van der Waals surface area (Å²) in [5.41, 5.74) is 1.20. The van der Waals surface area contributed by atoms with Crippen molar-refractivity contribution in [1.82, 2.24) is 9.97 Å². The molecule has 4 heteroatoms. The predicted octanol–water partition coefficient (Wildman–Crippen LogP) is 4.07. The van der Waals surface area contributed by atoms with Crippen LogP contribution in [0.25, 0.3) is 0 Å². The van der Waals surface area contributed by atoms with Crippen LogP contribution in [0.2, 0.25) is 0 Å². The van der Waals surface area contributed by atoms with Gasteiger partial charge in [-0.1, -0.05) is 26.2 Å². The number of aryl methyl sites for hydroxylation is 1. The number of nitrogens with one attached hydrogen (secondary N) is 1. The number of aromatic nitrogens is 2. The molecule has 1 saturated carbocycles. The third-order valence-corrected chi connectivity index (χ3v) is 4.40. The molecule has 0 unspecified atom stereocenters. The lowest BCUT2D eigenvalue weighted by Crippen LogP contribution is -2.38. The Kier molecular flexibility index (Phi) is 5.83. The van der Waals surface area contributed by atoms with E-state index >= 15 is 0 Å². The van der Waals surface area contributed by atoms with Crippen molar-refractivity contribution >= 4 is 11.6 Å². The highest BCUT2D eigenvalue weighted by molar-refractivity contribution is 5.59. The van der Waals surface area contributed by atoms with Gasteiger partial charge >= 0.3 is 0 Å². The Morgan fingerprint density at radius 3 is 2.43 bits per heavy atom. The van der Waals surface area contributed by atoms with Gasteiger partial charge < -0.3 is 10.2 Å². The molecule has 1 aromatic heterocycles. The highest BCUT2D eigenvalue weighted by Gasteiger charge is 2.23. The van der Waals surface area contributed by atoms with Crippen LogP contribution in [0.15, 0.2) is 0 Å². The van der Waals surface area contributed by atoms with Crippen molar-refractivity contribution in [3.63, 3.8) is 0 Å². The van der Waals surface area contributed by atoms with Crippen LogP contribution < -0.4 is 10.2 Å². The largest absolute Gasteiger partial charge is 0.370 e. The first-order valence-corrected chi connectivity index (χ1v) is 8.53. The van der Waals surface area contributed by atoms with E-state index in [4.69, 9.17) is 4.98 Å². The van der Waals surface area contributed by atoms with Gasteiger partial charge in [0.25, 0.3) is 0 Å². The van der Waals surface area contributed by atoms with Crippen molar-refractivity contribution in [1.29, 1.82) is 0 Å². The fourth-order valence-corrected chi connectivity index (χ4v) is 3.28. The third kappa shape index (κ3) is 3.86. The lowest BCUT2D eigenvalue weighted by atomic mass is 9.94. The average Bonchev–Trinajstić information content (AvgIpc) is 2.50. The first-order chi connectivity index (χ1) is 10.2. The molecule has 0 spiro atoms. The molecule has 0 atom stereocenters. The molecule has 1 aliphatic rings. The van der Waals surface area contributed by atoms with Crippen LogP contribution in [0, 0.1) is 13.8 Å². The summed E-state index contributed by atoms with van der Waals surface area (Å²) < 4.78 is 0.